The third-order valence-corrected chi connectivity index (χ3v) is 4.53. The van der Waals surface area contributed by atoms with E-state index in [0.29, 0.717) is 0 Å². The Morgan fingerprint density at radius 3 is 2.45 bits per heavy atom. The van der Waals surface area contributed by atoms with Gasteiger partial charge in [-0.3, -0.25) is 4.90 Å². The Morgan fingerprint density at radius 1 is 1.00 bits per heavy atom. The van der Waals surface area contributed by atoms with E-state index in [4.69, 9.17) is 0 Å². The van der Waals surface area contributed by atoms with Gasteiger partial charge in [0.1, 0.15) is 5.82 Å². The van der Waals surface area contributed by atoms with E-state index in [2.05, 4.69) is 62.8 Å². The maximum absolute atomic E-state index is 4.48. The molecule has 1 aliphatic rings. The summed E-state index contributed by atoms with van der Waals surface area (Å²) < 4.78 is 2.24. The predicted molar refractivity (Wildman–Crippen MR) is 89.8 cm³/mol. The highest BCUT2D eigenvalue weighted by Gasteiger charge is 2.18. The van der Waals surface area contributed by atoms with Crippen LogP contribution in [0.25, 0.3) is 0 Å². The summed E-state index contributed by atoms with van der Waals surface area (Å²) in [5, 5.41) is 0. The van der Waals surface area contributed by atoms with Crippen molar-refractivity contribution in [2.45, 2.75) is 26.4 Å². The molecule has 0 atom stereocenters. The topological polar surface area (TPSA) is 24.3 Å². The van der Waals surface area contributed by atoms with Gasteiger partial charge in [0.15, 0.2) is 0 Å². The number of aromatic nitrogens is 2. The van der Waals surface area contributed by atoms with Gasteiger partial charge in [-0.2, -0.15) is 0 Å². The van der Waals surface area contributed by atoms with Crippen LogP contribution in [0.2, 0.25) is 0 Å². The lowest BCUT2D eigenvalue weighted by Crippen LogP contribution is -2.46. The summed E-state index contributed by atoms with van der Waals surface area (Å²) in [6.45, 7) is 9.95. The summed E-state index contributed by atoms with van der Waals surface area (Å²) in [6.07, 6.45) is 5.14. The first-order valence-electron chi connectivity index (χ1n) is 8.34. The van der Waals surface area contributed by atoms with Crippen LogP contribution in [0.5, 0.6) is 0 Å². The maximum Gasteiger partial charge on any atom is 0.122 e. The molecular weight excluding hydrogens is 272 g/mol. The highest BCUT2D eigenvalue weighted by molar-refractivity contribution is 5.14. The molecule has 1 fully saturated rings. The first-order chi connectivity index (χ1) is 10.8. The van der Waals surface area contributed by atoms with Crippen LogP contribution in [-0.4, -0.2) is 52.1 Å². The molecule has 2 heterocycles. The SMILES string of the molecule is CCn1ccnc1CN1CCN(CCc2ccccc2)CC1. The van der Waals surface area contributed by atoms with Gasteiger partial charge in [0.2, 0.25) is 0 Å². The van der Waals surface area contributed by atoms with E-state index in [1.54, 1.807) is 0 Å². The van der Waals surface area contributed by atoms with E-state index in [1.165, 1.54) is 31.0 Å². The molecule has 0 unspecified atom stereocenters. The smallest absolute Gasteiger partial charge is 0.122 e. The summed E-state index contributed by atoms with van der Waals surface area (Å²) in [5.41, 5.74) is 1.44. The quantitative estimate of drug-likeness (QED) is 0.817. The Bertz CT molecular complexity index is 555. The summed E-state index contributed by atoms with van der Waals surface area (Å²) >= 11 is 0. The molecule has 4 heteroatoms. The molecule has 1 aromatic heterocycles. The molecule has 0 N–H and O–H groups in total. The van der Waals surface area contributed by atoms with Crippen molar-refractivity contribution in [1.82, 2.24) is 19.4 Å². The van der Waals surface area contributed by atoms with Gasteiger partial charge in [0.05, 0.1) is 6.54 Å². The lowest BCUT2D eigenvalue weighted by atomic mass is 10.1. The summed E-state index contributed by atoms with van der Waals surface area (Å²) in [7, 11) is 0. The Hall–Kier alpha value is -1.65. The second kappa shape index (κ2) is 7.56. The minimum atomic E-state index is 0.980. The van der Waals surface area contributed by atoms with Crippen molar-refractivity contribution in [3.63, 3.8) is 0 Å². The molecule has 4 nitrogen and oxygen atoms in total. The molecule has 1 aromatic carbocycles. The van der Waals surface area contributed by atoms with E-state index in [1.807, 2.05) is 6.20 Å². The van der Waals surface area contributed by atoms with Crippen molar-refractivity contribution in [3.8, 4) is 0 Å². The van der Waals surface area contributed by atoms with Crippen LogP contribution < -0.4 is 0 Å². The van der Waals surface area contributed by atoms with Crippen molar-refractivity contribution in [1.29, 1.82) is 0 Å². The van der Waals surface area contributed by atoms with E-state index >= 15 is 0 Å². The van der Waals surface area contributed by atoms with E-state index < -0.39 is 0 Å². The van der Waals surface area contributed by atoms with Crippen molar-refractivity contribution in [2.75, 3.05) is 32.7 Å². The highest BCUT2D eigenvalue weighted by atomic mass is 15.3. The zero-order chi connectivity index (χ0) is 15.2. The van der Waals surface area contributed by atoms with Gasteiger partial charge in [-0.25, -0.2) is 4.98 Å². The van der Waals surface area contributed by atoms with E-state index in [0.717, 1.165) is 32.6 Å². The van der Waals surface area contributed by atoms with Crippen LogP contribution in [-0.2, 0) is 19.5 Å². The molecule has 0 radical (unpaired) electrons. The molecule has 0 bridgehead atoms. The molecule has 0 amide bonds. The van der Waals surface area contributed by atoms with Crippen LogP contribution in [0.3, 0.4) is 0 Å². The third-order valence-electron chi connectivity index (χ3n) is 4.53. The zero-order valence-electron chi connectivity index (χ0n) is 13.5. The fourth-order valence-electron chi connectivity index (χ4n) is 3.08. The molecule has 118 valence electrons. The molecule has 0 saturated carbocycles. The van der Waals surface area contributed by atoms with E-state index in [9.17, 15) is 0 Å². The number of benzene rings is 1. The van der Waals surface area contributed by atoms with Crippen molar-refractivity contribution in [3.05, 3.63) is 54.1 Å². The average molecular weight is 298 g/mol. The summed E-state index contributed by atoms with van der Waals surface area (Å²) in [5.74, 6) is 1.19. The number of rotatable bonds is 6. The standard InChI is InChI=1S/C18H26N4/c1-2-22-11-9-19-18(22)16-21-14-12-20(13-15-21)10-8-17-6-4-3-5-7-17/h3-7,9,11H,2,8,10,12-16H2,1H3. The van der Waals surface area contributed by atoms with Gasteiger partial charge in [-0.1, -0.05) is 30.3 Å². The Balaban J connectivity index is 1.42. The fraction of sp³-hybridized carbons (Fsp3) is 0.500. The molecule has 22 heavy (non-hydrogen) atoms. The van der Waals surface area contributed by atoms with Crippen LogP contribution in [0.15, 0.2) is 42.7 Å². The first-order valence-corrected chi connectivity index (χ1v) is 8.34. The van der Waals surface area contributed by atoms with Gasteiger partial charge in [0, 0.05) is 51.7 Å². The van der Waals surface area contributed by atoms with Crippen molar-refractivity contribution < 1.29 is 0 Å². The number of aryl methyl sites for hydroxylation is 1. The van der Waals surface area contributed by atoms with Crippen LogP contribution >= 0.6 is 0 Å². The molecule has 0 spiro atoms. The Kier molecular flexibility index (Phi) is 5.24. The van der Waals surface area contributed by atoms with Gasteiger partial charge in [0.25, 0.3) is 0 Å². The fourth-order valence-corrected chi connectivity index (χ4v) is 3.08. The molecule has 1 aliphatic heterocycles. The number of imidazole rings is 1. The Labute approximate surface area is 133 Å². The lowest BCUT2D eigenvalue weighted by Gasteiger charge is -2.34. The largest absolute Gasteiger partial charge is 0.334 e. The minimum absolute atomic E-state index is 0.980. The molecular formula is C18H26N4. The monoisotopic (exact) mass is 298 g/mol. The second-order valence-corrected chi connectivity index (χ2v) is 5.98. The maximum atomic E-state index is 4.48. The number of hydrogen-bond acceptors (Lipinski definition) is 3. The van der Waals surface area contributed by atoms with Crippen molar-refractivity contribution >= 4 is 0 Å². The molecule has 1 saturated heterocycles. The first kappa shape index (κ1) is 15.3. The number of hydrogen-bond donors (Lipinski definition) is 0. The van der Waals surface area contributed by atoms with Gasteiger partial charge < -0.3 is 9.47 Å². The minimum Gasteiger partial charge on any atom is -0.334 e. The number of nitrogens with zero attached hydrogens (tertiary/aromatic N) is 4. The zero-order valence-corrected chi connectivity index (χ0v) is 13.5. The third kappa shape index (κ3) is 3.96. The normalized spacial score (nSPS) is 17.0. The lowest BCUT2D eigenvalue weighted by molar-refractivity contribution is 0.125. The molecule has 3 rings (SSSR count). The summed E-state index contributed by atoms with van der Waals surface area (Å²) in [6, 6.07) is 10.8. The van der Waals surface area contributed by atoms with Crippen LogP contribution in [0.4, 0.5) is 0 Å². The Morgan fingerprint density at radius 2 is 1.73 bits per heavy atom. The van der Waals surface area contributed by atoms with E-state index in [-0.39, 0.29) is 0 Å². The average Bonchev–Trinajstić information content (AvgIpc) is 3.02. The summed E-state index contributed by atoms with van der Waals surface area (Å²) in [4.78, 5) is 9.58. The number of piperazine rings is 1. The molecule has 0 aliphatic carbocycles. The van der Waals surface area contributed by atoms with Crippen LogP contribution in [0, 0.1) is 0 Å². The highest BCUT2D eigenvalue weighted by Crippen LogP contribution is 2.09. The second-order valence-electron chi connectivity index (χ2n) is 5.98. The van der Waals surface area contributed by atoms with Crippen LogP contribution in [0.1, 0.15) is 18.3 Å². The van der Waals surface area contributed by atoms with Gasteiger partial charge in [-0.15, -0.1) is 0 Å². The van der Waals surface area contributed by atoms with Crippen molar-refractivity contribution in [2.24, 2.45) is 0 Å². The van der Waals surface area contributed by atoms with Gasteiger partial charge in [-0.05, 0) is 18.9 Å². The predicted octanol–water partition coefficient (Wildman–Crippen LogP) is 2.26. The van der Waals surface area contributed by atoms with Gasteiger partial charge >= 0.3 is 0 Å². The molecule has 2 aromatic rings.